The van der Waals surface area contributed by atoms with Crippen LogP contribution < -0.4 is 5.73 Å². The highest BCUT2D eigenvalue weighted by atomic mass is 32.2. The molecule has 0 radical (unpaired) electrons. The number of nitrogens with zero attached hydrogens (tertiary/aromatic N) is 4. The highest BCUT2D eigenvalue weighted by Gasteiger charge is 2.15. The predicted octanol–water partition coefficient (Wildman–Crippen LogP) is 1.54. The van der Waals surface area contributed by atoms with E-state index in [1.807, 2.05) is 25.6 Å². The molecular formula is C10H15N5S2. The largest absolute Gasteiger partial charge is 0.330 e. The van der Waals surface area contributed by atoms with Gasteiger partial charge in [0.25, 0.3) is 0 Å². The summed E-state index contributed by atoms with van der Waals surface area (Å²) in [6, 6.07) is 0. The molecule has 0 saturated carbocycles. The quantitative estimate of drug-likeness (QED) is 0.911. The minimum absolute atomic E-state index is 0.634. The molecule has 2 N–H and O–H groups in total. The number of aryl methyl sites for hydroxylation is 3. The van der Waals surface area contributed by atoms with E-state index in [9.17, 15) is 0 Å². The average Bonchev–Trinajstić information content (AvgIpc) is 2.78. The predicted molar refractivity (Wildman–Crippen MR) is 69.5 cm³/mol. The van der Waals surface area contributed by atoms with Gasteiger partial charge < -0.3 is 5.73 Å². The molecule has 2 heterocycles. The first-order chi connectivity index (χ1) is 8.11. The lowest BCUT2D eigenvalue weighted by molar-refractivity contribution is 0.687. The molecule has 7 heteroatoms. The van der Waals surface area contributed by atoms with Gasteiger partial charge in [0.15, 0.2) is 4.34 Å². The molecule has 5 nitrogen and oxygen atoms in total. The summed E-state index contributed by atoms with van der Waals surface area (Å²) in [7, 11) is 1.95. The number of aromatic nitrogens is 4. The molecule has 0 spiro atoms. The van der Waals surface area contributed by atoms with Crippen molar-refractivity contribution in [2.75, 3.05) is 6.54 Å². The smallest absolute Gasteiger partial charge is 0.180 e. The van der Waals surface area contributed by atoms with Crippen molar-refractivity contribution in [1.82, 2.24) is 20.0 Å². The molecule has 0 aliphatic heterocycles. The van der Waals surface area contributed by atoms with Gasteiger partial charge in [-0.3, -0.25) is 4.68 Å². The summed E-state index contributed by atoms with van der Waals surface area (Å²) < 4.78 is 2.84. The van der Waals surface area contributed by atoms with Crippen LogP contribution >= 0.6 is 23.1 Å². The van der Waals surface area contributed by atoms with E-state index in [0.29, 0.717) is 6.54 Å². The average molecular weight is 269 g/mol. The van der Waals surface area contributed by atoms with Crippen molar-refractivity contribution >= 4 is 23.1 Å². The zero-order chi connectivity index (χ0) is 12.4. The summed E-state index contributed by atoms with van der Waals surface area (Å²) in [5.41, 5.74) is 7.89. The van der Waals surface area contributed by atoms with Crippen LogP contribution in [-0.2, 0) is 13.5 Å². The van der Waals surface area contributed by atoms with Crippen LogP contribution in [0.4, 0.5) is 0 Å². The zero-order valence-corrected chi connectivity index (χ0v) is 11.7. The van der Waals surface area contributed by atoms with E-state index in [1.54, 1.807) is 23.1 Å². The third-order valence-electron chi connectivity index (χ3n) is 2.37. The minimum atomic E-state index is 0.634. The topological polar surface area (TPSA) is 69.6 Å². The zero-order valence-electron chi connectivity index (χ0n) is 10.1. The van der Waals surface area contributed by atoms with Gasteiger partial charge >= 0.3 is 0 Å². The van der Waals surface area contributed by atoms with Crippen LogP contribution in [0.3, 0.4) is 0 Å². The Balaban J connectivity index is 2.31. The first-order valence-corrected chi connectivity index (χ1v) is 6.95. The highest BCUT2D eigenvalue weighted by molar-refractivity contribution is 8.01. The van der Waals surface area contributed by atoms with Gasteiger partial charge in [-0.25, -0.2) is 0 Å². The van der Waals surface area contributed by atoms with Crippen LogP contribution in [0.2, 0.25) is 0 Å². The Bertz CT molecular complexity index is 517. The van der Waals surface area contributed by atoms with Gasteiger partial charge in [0.2, 0.25) is 0 Å². The fraction of sp³-hybridized carbons (Fsp3) is 0.500. The molecule has 0 unspecified atom stereocenters. The van der Waals surface area contributed by atoms with Crippen LogP contribution in [0.1, 0.15) is 16.3 Å². The summed E-state index contributed by atoms with van der Waals surface area (Å²) in [5, 5.41) is 14.7. The van der Waals surface area contributed by atoms with E-state index in [2.05, 4.69) is 15.3 Å². The molecule has 0 aromatic carbocycles. The second-order valence-corrected chi connectivity index (χ2v) is 6.14. The van der Waals surface area contributed by atoms with E-state index >= 15 is 0 Å². The Morgan fingerprint density at radius 1 is 1.35 bits per heavy atom. The first-order valence-electron chi connectivity index (χ1n) is 5.32. The van der Waals surface area contributed by atoms with Gasteiger partial charge in [-0.15, -0.1) is 10.2 Å². The number of hydrogen-bond acceptors (Lipinski definition) is 6. The van der Waals surface area contributed by atoms with Gasteiger partial charge in [0.1, 0.15) is 10.0 Å². The first kappa shape index (κ1) is 12.5. The number of hydrogen-bond donors (Lipinski definition) is 1. The van der Waals surface area contributed by atoms with Gasteiger partial charge in [-0.2, -0.15) is 5.10 Å². The molecule has 2 rings (SSSR count). The standard InChI is InChI=1S/C10H15N5S2/c1-6-8(4-5-11)9(15(3)14-6)17-10-13-12-7(2)16-10/h4-5,11H2,1-3H3. The highest BCUT2D eigenvalue weighted by Crippen LogP contribution is 2.33. The summed E-state index contributed by atoms with van der Waals surface area (Å²) in [6.45, 7) is 4.60. The molecule has 0 aliphatic carbocycles. The molecule has 2 aromatic rings. The molecular weight excluding hydrogens is 254 g/mol. The molecule has 0 fully saturated rings. The van der Waals surface area contributed by atoms with Crippen LogP contribution in [0.5, 0.6) is 0 Å². The number of rotatable bonds is 4. The van der Waals surface area contributed by atoms with E-state index in [-0.39, 0.29) is 0 Å². The van der Waals surface area contributed by atoms with Crippen molar-refractivity contribution in [1.29, 1.82) is 0 Å². The summed E-state index contributed by atoms with van der Waals surface area (Å²) >= 11 is 3.21. The van der Waals surface area contributed by atoms with Gasteiger partial charge in [0, 0.05) is 12.6 Å². The normalized spacial score (nSPS) is 11.1. The number of nitrogens with two attached hydrogens (primary N) is 1. The van der Waals surface area contributed by atoms with Crippen molar-refractivity contribution in [3.63, 3.8) is 0 Å². The van der Waals surface area contributed by atoms with Crippen molar-refractivity contribution in [3.8, 4) is 0 Å². The minimum Gasteiger partial charge on any atom is -0.330 e. The Hall–Kier alpha value is -0.920. The summed E-state index contributed by atoms with van der Waals surface area (Å²) in [5.74, 6) is 0. The lowest BCUT2D eigenvalue weighted by atomic mass is 10.2. The van der Waals surface area contributed by atoms with Crippen molar-refractivity contribution < 1.29 is 0 Å². The van der Waals surface area contributed by atoms with E-state index in [1.165, 1.54) is 5.56 Å². The maximum atomic E-state index is 5.63. The third kappa shape index (κ3) is 2.67. The van der Waals surface area contributed by atoms with Crippen molar-refractivity contribution in [2.24, 2.45) is 12.8 Å². The van der Waals surface area contributed by atoms with E-state index < -0.39 is 0 Å². The lowest BCUT2D eigenvalue weighted by Crippen LogP contribution is -2.04. The van der Waals surface area contributed by atoms with Gasteiger partial charge in [-0.1, -0.05) is 11.3 Å². The van der Waals surface area contributed by atoms with E-state index in [0.717, 1.165) is 26.5 Å². The summed E-state index contributed by atoms with van der Waals surface area (Å²) in [6.07, 6.45) is 0.847. The second kappa shape index (κ2) is 5.16. The third-order valence-corrected chi connectivity index (χ3v) is 4.47. The van der Waals surface area contributed by atoms with Gasteiger partial charge in [0.05, 0.1) is 5.69 Å². The van der Waals surface area contributed by atoms with Crippen LogP contribution in [0.25, 0.3) is 0 Å². The van der Waals surface area contributed by atoms with Crippen molar-refractivity contribution in [3.05, 3.63) is 16.3 Å². The fourth-order valence-electron chi connectivity index (χ4n) is 1.64. The molecule has 17 heavy (non-hydrogen) atoms. The molecule has 2 aromatic heterocycles. The Labute approximate surface area is 108 Å². The molecule has 0 amide bonds. The fourth-order valence-corrected chi connectivity index (χ4v) is 3.62. The summed E-state index contributed by atoms with van der Waals surface area (Å²) in [4.78, 5) is 0. The van der Waals surface area contributed by atoms with E-state index in [4.69, 9.17) is 5.73 Å². The molecule has 92 valence electrons. The van der Waals surface area contributed by atoms with Crippen LogP contribution in [-0.4, -0.2) is 26.5 Å². The SMILES string of the molecule is Cc1nnc(Sc2c(CCN)c(C)nn2C)s1. The Kier molecular flexibility index (Phi) is 3.80. The second-order valence-electron chi connectivity index (χ2n) is 3.72. The van der Waals surface area contributed by atoms with Crippen LogP contribution in [0, 0.1) is 13.8 Å². The maximum absolute atomic E-state index is 5.63. The lowest BCUT2D eigenvalue weighted by Gasteiger charge is -2.02. The molecule has 0 bridgehead atoms. The van der Waals surface area contributed by atoms with Gasteiger partial charge in [-0.05, 0) is 38.6 Å². The Morgan fingerprint density at radius 3 is 2.71 bits per heavy atom. The Morgan fingerprint density at radius 2 is 2.12 bits per heavy atom. The molecule has 0 aliphatic rings. The molecule has 0 saturated heterocycles. The monoisotopic (exact) mass is 269 g/mol. The maximum Gasteiger partial charge on any atom is 0.180 e. The molecule has 0 atom stereocenters. The van der Waals surface area contributed by atoms with Crippen LogP contribution in [0.15, 0.2) is 9.37 Å². The van der Waals surface area contributed by atoms with Crippen molar-refractivity contribution in [2.45, 2.75) is 29.6 Å².